The van der Waals surface area contributed by atoms with Crippen LogP contribution in [-0.4, -0.2) is 61.1 Å². The van der Waals surface area contributed by atoms with Crippen molar-refractivity contribution < 1.29 is 14.2 Å². The maximum Gasteiger partial charge on any atom is 0.231 e. The third kappa shape index (κ3) is 5.94. The first-order valence-corrected chi connectivity index (χ1v) is 13.6. The molecule has 202 valence electrons. The van der Waals surface area contributed by atoms with Gasteiger partial charge in [-0.05, 0) is 55.3 Å². The molecule has 0 radical (unpaired) electrons. The number of benzene rings is 2. The van der Waals surface area contributed by atoms with E-state index >= 15 is 0 Å². The summed E-state index contributed by atoms with van der Waals surface area (Å²) in [7, 11) is 0. The van der Waals surface area contributed by atoms with E-state index < -0.39 is 0 Å². The average molecular weight is 547 g/mol. The Bertz CT molecular complexity index is 1460. The number of fused-ring (bicyclic) bond motifs is 2. The fourth-order valence-corrected chi connectivity index (χ4v) is 5.08. The van der Waals surface area contributed by atoms with E-state index in [1.54, 1.807) is 6.20 Å². The number of ether oxygens (including phenoxy) is 3. The van der Waals surface area contributed by atoms with Gasteiger partial charge in [-0.25, -0.2) is 4.98 Å². The lowest BCUT2D eigenvalue weighted by Gasteiger charge is -2.30. The third-order valence-corrected chi connectivity index (χ3v) is 7.12. The number of anilines is 3. The Morgan fingerprint density at radius 1 is 1.00 bits per heavy atom. The fourth-order valence-electron chi connectivity index (χ4n) is 4.91. The van der Waals surface area contributed by atoms with Gasteiger partial charge < -0.3 is 29.3 Å². The SMILES string of the molecule is Cc1cc(N2CCOCC2)nc(N(CCCNc2ccnc3cc(Cl)ccc23)Cc2ccc3c(c2)OCO3)n1. The van der Waals surface area contributed by atoms with Crippen molar-refractivity contribution in [1.29, 1.82) is 0 Å². The molecule has 1 saturated heterocycles. The zero-order chi connectivity index (χ0) is 26.6. The van der Waals surface area contributed by atoms with Gasteiger partial charge in [-0.2, -0.15) is 4.98 Å². The summed E-state index contributed by atoms with van der Waals surface area (Å²) in [4.78, 5) is 18.8. The summed E-state index contributed by atoms with van der Waals surface area (Å²) in [5.41, 5.74) is 3.97. The van der Waals surface area contributed by atoms with Crippen molar-refractivity contribution in [2.24, 2.45) is 0 Å². The van der Waals surface area contributed by atoms with Crippen LogP contribution in [0.2, 0.25) is 5.02 Å². The molecule has 2 aliphatic rings. The Hall–Kier alpha value is -3.82. The molecule has 0 atom stereocenters. The van der Waals surface area contributed by atoms with Gasteiger partial charge in [-0.1, -0.05) is 17.7 Å². The quantitative estimate of drug-likeness (QED) is 0.289. The monoisotopic (exact) mass is 546 g/mol. The van der Waals surface area contributed by atoms with Crippen molar-refractivity contribution in [2.45, 2.75) is 19.9 Å². The molecule has 2 aromatic heterocycles. The highest BCUT2D eigenvalue weighted by Crippen LogP contribution is 2.33. The number of pyridine rings is 1. The molecule has 0 bridgehead atoms. The van der Waals surface area contributed by atoms with E-state index in [1.807, 2.05) is 43.3 Å². The molecule has 6 rings (SSSR count). The van der Waals surface area contributed by atoms with Crippen molar-refractivity contribution in [2.75, 3.05) is 61.3 Å². The van der Waals surface area contributed by atoms with Crippen molar-refractivity contribution in [3.63, 3.8) is 0 Å². The van der Waals surface area contributed by atoms with Gasteiger partial charge in [0.2, 0.25) is 12.7 Å². The van der Waals surface area contributed by atoms with Crippen molar-refractivity contribution in [3.8, 4) is 11.5 Å². The fraction of sp³-hybridized carbons (Fsp3) is 0.345. The van der Waals surface area contributed by atoms with Gasteiger partial charge in [-0.3, -0.25) is 4.98 Å². The summed E-state index contributed by atoms with van der Waals surface area (Å²) in [6.45, 7) is 7.55. The molecular formula is C29H31ClN6O3. The predicted octanol–water partition coefficient (Wildman–Crippen LogP) is 5.06. The van der Waals surface area contributed by atoms with Crippen LogP contribution < -0.4 is 24.6 Å². The van der Waals surface area contributed by atoms with Crippen LogP contribution in [0.3, 0.4) is 0 Å². The van der Waals surface area contributed by atoms with E-state index in [2.05, 4.69) is 32.2 Å². The van der Waals surface area contributed by atoms with E-state index in [0.717, 1.165) is 83.7 Å². The van der Waals surface area contributed by atoms with Crippen LogP contribution in [0, 0.1) is 6.92 Å². The Labute approximate surface area is 232 Å². The highest BCUT2D eigenvalue weighted by atomic mass is 35.5. The lowest BCUT2D eigenvalue weighted by molar-refractivity contribution is 0.122. The lowest BCUT2D eigenvalue weighted by atomic mass is 10.1. The van der Waals surface area contributed by atoms with Crippen LogP contribution in [0.5, 0.6) is 11.5 Å². The maximum atomic E-state index is 6.16. The van der Waals surface area contributed by atoms with Gasteiger partial charge >= 0.3 is 0 Å². The first kappa shape index (κ1) is 25.5. The minimum Gasteiger partial charge on any atom is -0.454 e. The normalized spacial score (nSPS) is 14.6. The van der Waals surface area contributed by atoms with Gasteiger partial charge in [-0.15, -0.1) is 0 Å². The van der Waals surface area contributed by atoms with Gasteiger partial charge in [0.25, 0.3) is 0 Å². The number of halogens is 1. The number of nitrogens with one attached hydrogen (secondary N) is 1. The Kier molecular flexibility index (Phi) is 7.51. The Morgan fingerprint density at radius 2 is 1.87 bits per heavy atom. The maximum absolute atomic E-state index is 6.16. The minimum atomic E-state index is 0.258. The minimum absolute atomic E-state index is 0.258. The van der Waals surface area contributed by atoms with Crippen LogP contribution in [0.25, 0.3) is 10.9 Å². The standard InChI is InChI=1S/C29H31ClN6O3/c1-20-15-28(35-11-13-37-14-12-35)34-29(33-20)36(18-21-3-6-26-27(16-21)39-19-38-26)10-2-8-31-24-7-9-32-25-17-22(30)4-5-23(24)25/h3-7,9,15-17H,2,8,10-14,18-19H2,1H3,(H,31,32). The van der Waals surface area contributed by atoms with Gasteiger partial charge in [0.15, 0.2) is 11.5 Å². The zero-order valence-electron chi connectivity index (χ0n) is 21.9. The van der Waals surface area contributed by atoms with Crippen molar-refractivity contribution in [1.82, 2.24) is 15.0 Å². The highest BCUT2D eigenvalue weighted by Gasteiger charge is 2.19. The van der Waals surface area contributed by atoms with Crippen LogP contribution in [-0.2, 0) is 11.3 Å². The highest BCUT2D eigenvalue weighted by molar-refractivity contribution is 6.31. The first-order chi connectivity index (χ1) is 19.1. The summed E-state index contributed by atoms with van der Waals surface area (Å²) in [5, 5.41) is 5.31. The molecule has 1 N–H and O–H groups in total. The average Bonchev–Trinajstić information content (AvgIpc) is 3.43. The molecule has 0 unspecified atom stereocenters. The largest absolute Gasteiger partial charge is 0.454 e. The molecule has 4 heterocycles. The zero-order valence-corrected chi connectivity index (χ0v) is 22.7. The summed E-state index contributed by atoms with van der Waals surface area (Å²) in [5.74, 6) is 3.22. The van der Waals surface area contributed by atoms with E-state index in [4.69, 9.17) is 35.8 Å². The van der Waals surface area contributed by atoms with Crippen molar-refractivity contribution in [3.05, 3.63) is 71.0 Å². The molecule has 0 aliphatic carbocycles. The number of aromatic nitrogens is 3. The number of hydrogen-bond acceptors (Lipinski definition) is 9. The molecular weight excluding hydrogens is 516 g/mol. The molecule has 4 aromatic rings. The number of morpholine rings is 1. The van der Waals surface area contributed by atoms with E-state index in [1.165, 1.54) is 0 Å². The molecule has 2 aromatic carbocycles. The second-order valence-electron chi connectivity index (χ2n) is 9.68. The van der Waals surface area contributed by atoms with E-state index in [0.29, 0.717) is 24.8 Å². The molecule has 9 nitrogen and oxygen atoms in total. The van der Waals surface area contributed by atoms with E-state index in [9.17, 15) is 0 Å². The molecule has 0 spiro atoms. The summed E-state index contributed by atoms with van der Waals surface area (Å²) >= 11 is 6.16. The van der Waals surface area contributed by atoms with Crippen LogP contribution in [0.4, 0.5) is 17.5 Å². The van der Waals surface area contributed by atoms with Gasteiger partial charge in [0.1, 0.15) is 5.82 Å². The topological polar surface area (TPSA) is 84.9 Å². The molecule has 0 saturated carbocycles. The second-order valence-corrected chi connectivity index (χ2v) is 10.1. The molecule has 2 aliphatic heterocycles. The first-order valence-electron chi connectivity index (χ1n) is 13.2. The molecule has 0 amide bonds. The smallest absolute Gasteiger partial charge is 0.231 e. The van der Waals surface area contributed by atoms with Crippen LogP contribution >= 0.6 is 11.6 Å². The number of aryl methyl sites for hydroxylation is 1. The summed E-state index contributed by atoms with van der Waals surface area (Å²) in [6.07, 6.45) is 2.69. The molecule has 39 heavy (non-hydrogen) atoms. The Balaban J connectivity index is 1.20. The lowest BCUT2D eigenvalue weighted by Crippen LogP contribution is -2.37. The van der Waals surface area contributed by atoms with E-state index in [-0.39, 0.29) is 6.79 Å². The van der Waals surface area contributed by atoms with Crippen LogP contribution in [0.1, 0.15) is 17.7 Å². The number of hydrogen-bond donors (Lipinski definition) is 1. The second kappa shape index (κ2) is 11.5. The molecule has 10 heteroatoms. The summed E-state index contributed by atoms with van der Waals surface area (Å²) < 4.78 is 16.7. The van der Waals surface area contributed by atoms with Crippen LogP contribution in [0.15, 0.2) is 54.7 Å². The number of nitrogens with zero attached hydrogens (tertiary/aromatic N) is 5. The Morgan fingerprint density at radius 3 is 2.77 bits per heavy atom. The predicted molar refractivity (Wildman–Crippen MR) is 153 cm³/mol. The number of rotatable bonds is 9. The third-order valence-electron chi connectivity index (χ3n) is 6.88. The molecule has 1 fully saturated rings. The van der Waals surface area contributed by atoms with Crippen molar-refractivity contribution >= 4 is 40.0 Å². The van der Waals surface area contributed by atoms with Gasteiger partial charge in [0, 0.05) is 66.8 Å². The summed E-state index contributed by atoms with van der Waals surface area (Å²) in [6, 6.07) is 15.9. The van der Waals surface area contributed by atoms with Gasteiger partial charge in [0.05, 0.1) is 18.7 Å².